The minimum atomic E-state index is -2.68. The zero-order valence-electron chi connectivity index (χ0n) is 22.9. The maximum atomic E-state index is 13.7. The van der Waals surface area contributed by atoms with E-state index in [0.29, 0.717) is 67.3 Å². The second-order valence-corrected chi connectivity index (χ2v) is 10.4. The smallest absolute Gasteiger partial charge is 0.250 e. The first-order valence-corrected chi connectivity index (χ1v) is 13.9. The number of methoxy groups -OCH3 is 1. The summed E-state index contributed by atoms with van der Waals surface area (Å²) in [6, 6.07) is 11.4. The highest BCUT2D eigenvalue weighted by Crippen LogP contribution is 2.34. The van der Waals surface area contributed by atoms with E-state index in [4.69, 9.17) is 14.2 Å². The Morgan fingerprint density at radius 2 is 1.68 bits per heavy atom. The number of rotatable bonds is 13. The fraction of sp³-hybridized carbons (Fsp3) is 0.533. The van der Waals surface area contributed by atoms with Gasteiger partial charge in [0, 0.05) is 50.9 Å². The Morgan fingerprint density at radius 1 is 1.00 bits per heavy atom. The van der Waals surface area contributed by atoms with Crippen LogP contribution in [0, 0.1) is 0 Å². The Labute approximate surface area is 233 Å². The molecule has 1 unspecified atom stereocenters. The summed E-state index contributed by atoms with van der Waals surface area (Å²) in [5.74, 6) is -1.06. The predicted octanol–water partition coefficient (Wildman–Crippen LogP) is 4.55. The highest BCUT2D eigenvalue weighted by molar-refractivity contribution is 5.96. The lowest BCUT2D eigenvalue weighted by Crippen LogP contribution is -2.50. The van der Waals surface area contributed by atoms with Gasteiger partial charge in [0.25, 0.3) is 5.92 Å². The molecule has 4 rings (SSSR count). The lowest BCUT2D eigenvalue weighted by atomic mass is 9.99. The molecule has 2 aliphatic rings. The number of amides is 1. The molecule has 0 aliphatic carbocycles. The molecule has 0 aromatic heterocycles. The van der Waals surface area contributed by atoms with Crippen LogP contribution in [0.15, 0.2) is 42.5 Å². The minimum absolute atomic E-state index is 0.0434. The van der Waals surface area contributed by atoms with E-state index in [9.17, 15) is 23.5 Å². The molecule has 0 bridgehead atoms. The maximum absolute atomic E-state index is 13.7. The van der Waals surface area contributed by atoms with E-state index in [2.05, 4.69) is 5.32 Å². The molecule has 1 saturated heterocycles. The standard InChI is InChI=1S/C30H38F2N2O6/c1-38-23-10-7-21(8-11-23)25(35)5-3-2-4-6-28(36)33-24(20-34-15-13-30(31,32)14-16-34)29(37)22-9-12-26-27(19-22)40-18-17-39-26/h7-12,19,24,29,37H,2-6,13-18,20H2,1H3,(H,33,36)/t24?,29-/m1/s1. The number of carbonyl (C=O) groups excluding carboxylic acids is 2. The van der Waals surface area contributed by atoms with Crippen LogP contribution in [0.5, 0.6) is 17.2 Å². The van der Waals surface area contributed by atoms with Gasteiger partial charge in [-0.05, 0) is 54.8 Å². The highest BCUT2D eigenvalue weighted by Gasteiger charge is 2.36. The molecular formula is C30H38F2N2O6. The molecule has 10 heteroatoms. The Bertz CT molecular complexity index is 1130. The number of aliphatic hydroxyl groups is 1. The lowest BCUT2D eigenvalue weighted by Gasteiger charge is -2.36. The summed E-state index contributed by atoms with van der Waals surface area (Å²) in [6.07, 6.45) is 1.01. The Balaban J connectivity index is 1.29. The molecule has 1 fully saturated rings. The van der Waals surface area contributed by atoms with Crippen LogP contribution in [0.25, 0.3) is 0 Å². The molecule has 2 heterocycles. The van der Waals surface area contributed by atoms with Gasteiger partial charge in [0.1, 0.15) is 25.1 Å². The van der Waals surface area contributed by atoms with Gasteiger partial charge in [-0.1, -0.05) is 12.5 Å². The van der Waals surface area contributed by atoms with Gasteiger partial charge in [0.15, 0.2) is 17.3 Å². The zero-order chi connectivity index (χ0) is 28.5. The summed E-state index contributed by atoms with van der Waals surface area (Å²) in [6.45, 7) is 1.47. The average Bonchev–Trinajstić information content (AvgIpc) is 2.97. The van der Waals surface area contributed by atoms with E-state index in [1.54, 1.807) is 49.6 Å². The normalized spacial score (nSPS) is 18.0. The summed E-state index contributed by atoms with van der Waals surface area (Å²) >= 11 is 0. The van der Waals surface area contributed by atoms with Crippen molar-refractivity contribution in [3.63, 3.8) is 0 Å². The van der Waals surface area contributed by atoms with Crippen molar-refractivity contribution < 1.29 is 37.7 Å². The summed E-state index contributed by atoms with van der Waals surface area (Å²) < 4.78 is 43.7. The van der Waals surface area contributed by atoms with Crippen molar-refractivity contribution in [2.75, 3.05) is 40.0 Å². The number of fused-ring (bicyclic) bond motifs is 1. The fourth-order valence-electron chi connectivity index (χ4n) is 4.99. The van der Waals surface area contributed by atoms with Crippen molar-refractivity contribution in [1.82, 2.24) is 10.2 Å². The number of piperidine rings is 1. The van der Waals surface area contributed by atoms with Gasteiger partial charge < -0.3 is 29.5 Å². The third kappa shape index (κ3) is 8.38. The summed E-state index contributed by atoms with van der Waals surface area (Å²) in [4.78, 5) is 27.1. The topological polar surface area (TPSA) is 97.3 Å². The van der Waals surface area contributed by atoms with Crippen LogP contribution in [0.4, 0.5) is 8.78 Å². The second kappa shape index (κ2) is 13.9. The number of hydrogen-bond donors (Lipinski definition) is 2. The first kappa shape index (κ1) is 29.7. The maximum Gasteiger partial charge on any atom is 0.250 e. The van der Waals surface area contributed by atoms with Crippen molar-refractivity contribution in [2.45, 2.75) is 63.0 Å². The molecule has 2 aliphatic heterocycles. The number of nitrogens with zero attached hydrogens (tertiary/aromatic N) is 1. The summed E-state index contributed by atoms with van der Waals surface area (Å²) in [5.41, 5.74) is 1.18. The lowest BCUT2D eigenvalue weighted by molar-refractivity contribution is -0.123. The molecule has 2 aromatic carbocycles. The van der Waals surface area contributed by atoms with Crippen LogP contribution in [0.1, 0.15) is 67.0 Å². The fourth-order valence-corrected chi connectivity index (χ4v) is 4.99. The van der Waals surface area contributed by atoms with E-state index in [1.807, 2.05) is 4.90 Å². The molecule has 0 spiro atoms. The van der Waals surface area contributed by atoms with E-state index in [0.717, 1.165) is 0 Å². The first-order valence-electron chi connectivity index (χ1n) is 13.9. The number of ether oxygens (including phenoxy) is 3. The van der Waals surface area contributed by atoms with Crippen molar-refractivity contribution in [1.29, 1.82) is 0 Å². The largest absolute Gasteiger partial charge is 0.497 e. The van der Waals surface area contributed by atoms with Gasteiger partial charge in [0.2, 0.25) is 5.91 Å². The van der Waals surface area contributed by atoms with Crippen LogP contribution in [-0.4, -0.2) is 73.6 Å². The number of alkyl halides is 2. The molecule has 40 heavy (non-hydrogen) atoms. The zero-order valence-corrected chi connectivity index (χ0v) is 22.9. The minimum Gasteiger partial charge on any atom is -0.497 e. The highest BCUT2D eigenvalue weighted by atomic mass is 19.3. The van der Waals surface area contributed by atoms with E-state index >= 15 is 0 Å². The first-order chi connectivity index (χ1) is 19.2. The molecule has 0 radical (unpaired) electrons. The van der Waals surface area contributed by atoms with Crippen molar-refractivity contribution in [2.24, 2.45) is 0 Å². The number of benzene rings is 2. The van der Waals surface area contributed by atoms with Crippen molar-refractivity contribution in [3.05, 3.63) is 53.6 Å². The van der Waals surface area contributed by atoms with Gasteiger partial charge in [-0.15, -0.1) is 0 Å². The molecule has 1 amide bonds. The van der Waals surface area contributed by atoms with Gasteiger partial charge in [-0.25, -0.2) is 8.78 Å². The molecular weight excluding hydrogens is 522 g/mol. The number of likely N-dealkylation sites (tertiary alicyclic amines) is 1. The molecule has 218 valence electrons. The molecule has 2 atom stereocenters. The average molecular weight is 561 g/mol. The summed E-state index contributed by atoms with van der Waals surface area (Å²) in [5, 5.41) is 14.2. The third-order valence-corrected chi connectivity index (χ3v) is 7.40. The number of unbranched alkanes of at least 4 members (excludes halogenated alkanes) is 2. The van der Waals surface area contributed by atoms with Crippen LogP contribution >= 0.6 is 0 Å². The van der Waals surface area contributed by atoms with Crippen molar-refractivity contribution in [3.8, 4) is 17.2 Å². The predicted molar refractivity (Wildman–Crippen MR) is 145 cm³/mol. The van der Waals surface area contributed by atoms with E-state index in [1.165, 1.54) is 0 Å². The number of aliphatic hydroxyl groups excluding tert-OH is 1. The number of nitrogens with one attached hydrogen (secondary N) is 1. The SMILES string of the molecule is COc1ccc(C(=O)CCCCCC(=O)NC(CN2CCC(F)(F)CC2)[C@H](O)c2ccc3c(c2)OCCO3)cc1. The number of hydrogen-bond acceptors (Lipinski definition) is 7. The molecule has 2 N–H and O–H groups in total. The van der Waals surface area contributed by atoms with Gasteiger partial charge in [-0.3, -0.25) is 9.59 Å². The van der Waals surface area contributed by atoms with Crippen LogP contribution in [0.2, 0.25) is 0 Å². The third-order valence-electron chi connectivity index (χ3n) is 7.40. The molecule has 2 aromatic rings. The number of ketones is 1. The van der Waals surface area contributed by atoms with Crippen LogP contribution in [-0.2, 0) is 4.79 Å². The second-order valence-electron chi connectivity index (χ2n) is 10.4. The van der Waals surface area contributed by atoms with E-state index < -0.39 is 18.1 Å². The van der Waals surface area contributed by atoms with Gasteiger partial charge in [-0.2, -0.15) is 0 Å². The number of Topliss-reactive ketones (excluding diaryl/α,β-unsaturated/α-hetero) is 1. The quantitative estimate of drug-likeness (QED) is 0.274. The number of carbonyl (C=O) groups is 2. The van der Waals surface area contributed by atoms with Gasteiger partial charge >= 0.3 is 0 Å². The Hall–Kier alpha value is -3.24. The summed E-state index contributed by atoms with van der Waals surface area (Å²) in [7, 11) is 1.57. The molecule has 8 nitrogen and oxygen atoms in total. The number of halogens is 2. The monoisotopic (exact) mass is 560 g/mol. The van der Waals surface area contributed by atoms with Crippen LogP contribution in [0.3, 0.4) is 0 Å². The van der Waals surface area contributed by atoms with Gasteiger partial charge in [0.05, 0.1) is 13.2 Å². The van der Waals surface area contributed by atoms with E-state index in [-0.39, 0.29) is 50.6 Å². The van der Waals surface area contributed by atoms with Crippen molar-refractivity contribution >= 4 is 11.7 Å². The Kier molecular flexibility index (Phi) is 10.3. The van der Waals surface area contributed by atoms with Crippen LogP contribution < -0.4 is 19.5 Å². The molecule has 0 saturated carbocycles. The Morgan fingerprint density at radius 3 is 2.38 bits per heavy atom.